The van der Waals surface area contributed by atoms with Crippen molar-refractivity contribution in [2.75, 3.05) is 0 Å². The second-order valence-electron chi connectivity index (χ2n) is 5.46. The molecule has 0 amide bonds. The van der Waals surface area contributed by atoms with Gasteiger partial charge in [-0.3, -0.25) is 0 Å². The zero-order valence-electron chi connectivity index (χ0n) is 9.98. The molecule has 2 nitrogen and oxygen atoms in total. The van der Waals surface area contributed by atoms with Crippen LogP contribution in [-0.4, -0.2) is 9.97 Å². The maximum atomic E-state index is 4.16. The first-order chi connectivity index (χ1) is 8.34. The van der Waals surface area contributed by atoms with Crippen LogP contribution in [0.15, 0.2) is 30.7 Å². The van der Waals surface area contributed by atoms with Crippen molar-refractivity contribution in [3.63, 3.8) is 0 Å². The molecule has 2 aliphatic carbocycles. The normalized spacial score (nSPS) is 29.6. The van der Waals surface area contributed by atoms with E-state index in [9.17, 15) is 0 Å². The minimum atomic E-state index is 0.696. The van der Waals surface area contributed by atoms with E-state index in [1.807, 2.05) is 6.20 Å². The second kappa shape index (κ2) is 3.22. The van der Waals surface area contributed by atoms with Gasteiger partial charge in [0, 0.05) is 17.8 Å². The first-order valence-corrected chi connectivity index (χ1v) is 6.42. The number of fused-ring (bicyclic) bond motifs is 3. The van der Waals surface area contributed by atoms with E-state index in [2.05, 4.69) is 35.1 Å². The van der Waals surface area contributed by atoms with Crippen LogP contribution >= 0.6 is 0 Å². The highest BCUT2D eigenvalue weighted by Crippen LogP contribution is 2.64. The number of aromatic nitrogens is 2. The molecule has 3 atom stereocenters. The van der Waals surface area contributed by atoms with Gasteiger partial charge in [-0.15, -0.1) is 0 Å². The van der Waals surface area contributed by atoms with Crippen molar-refractivity contribution in [3.05, 3.63) is 53.1 Å². The van der Waals surface area contributed by atoms with E-state index >= 15 is 0 Å². The lowest BCUT2D eigenvalue weighted by Crippen LogP contribution is -2.01. The standard InChI is InChI=1S/C15H16N2/c1-9-2-4-11-10(6-9)3-5-12-14(11)15(12)13-7-16-8-17-13/h2,4,6-8,12,14-15H,3,5H2,1H3,(H,16,17). The van der Waals surface area contributed by atoms with Crippen molar-refractivity contribution < 1.29 is 0 Å². The zero-order chi connectivity index (χ0) is 11.4. The minimum Gasteiger partial charge on any atom is -0.348 e. The lowest BCUT2D eigenvalue weighted by atomic mass is 9.90. The van der Waals surface area contributed by atoms with Gasteiger partial charge in [-0.05, 0) is 42.7 Å². The summed E-state index contributed by atoms with van der Waals surface area (Å²) >= 11 is 0. The van der Waals surface area contributed by atoms with Crippen LogP contribution < -0.4 is 0 Å². The van der Waals surface area contributed by atoms with Crippen LogP contribution in [0, 0.1) is 12.8 Å². The van der Waals surface area contributed by atoms with Gasteiger partial charge in [-0.1, -0.05) is 23.8 Å². The number of nitrogens with zero attached hydrogens (tertiary/aromatic N) is 1. The number of H-pyrrole nitrogens is 1. The lowest BCUT2D eigenvalue weighted by molar-refractivity contribution is 0.657. The molecule has 1 fully saturated rings. The molecule has 86 valence electrons. The average Bonchev–Trinajstić information content (AvgIpc) is 2.82. The van der Waals surface area contributed by atoms with E-state index in [0.717, 1.165) is 11.8 Å². The second-order valence-corrected chi connectivity index (χ2v) is 5.46. The van der Waals surface area contributed by atoms with Crippen LogP contribution in [0.25, 0.3) is 0 Å². The van der Waals surface area contributed by atoms with Gasteiger partial charge >= 0.3 is 0 Å². The highest BCUT2D eigenvalue weighted by molar-refractivity contribution is 5.45. The third-order valence-electron chi connectivity index (χ3n) is 4.45. The molecule has 4 rings (SSSR count). The summed E-state index contributed by atoms with van der Waals surface area (Å²) in [7, 11) is 0. The van der Waals surface area contributed by atoms with Crippen molar-refractivity contribution in [2.45, 2.75) is 31.6 Å². The topological polar surface area (TPSA) is 28.7 Å². The molecular weight excluding hydrogens is 208 g/mol. The van der Waals surface area contributed by atoms with Crippen LogP contribution in [0.4, 0.5) is 0 Å². The number of imidazole rings is 1. The van der Waals surface area contributed by atoms with Crippen LogP contribution in [0.5, 0.6) is 0 Å². The van der Waals surface area contributed by atoms with Crippen molar-refractivity contribution in [3.8, 4) is 0 Å². The number of rotatable bonds is 1. The molecule has 1 saturated carbocycles. The molecule has 1 N–H and O–H groups in total. The molecule has 1 heterocycles. The molecule has 0 saturated heterocycles. The van der Waals surface area contributed by atoms with E-state index in [4.69, 9.17) is 0 Å². The molecule has 0 aliphatic heterocycles. The fourth-order valence-electron chi connectivity index (χ4n) is 3.63. The number of aryl methyl sites for hydroxylation is 2. The molecular formula is C15H16N2. The summed E-state index contributed by atoms with van der Waals surface area (Å²) < 4.78 is 0. The Kier molecular flexibility index (Phi) is 1.79. The van der Waals surface area contributed by atoms with Crippen LogP contribution in [0.1, 0.15) is 40.6 Å². The molecule has 3 unspecified atom stereocenters. The van der Waals surface area contributed by atoms with Crippen molar-refractivity contribution in [2.24, 2.45) is 5.92 Å². The number of benzene rings is 1. The summed E-state index contributed by atoms with van der Waals surface area (Å²) in [6.07, 6.45) is 6.39. The fraction of sp³-hybridized carbons (Fsp3) is 0.400. The largest absolute Gasteiger partial charge is 0.348 e. The minimum absolute atomic E-state index is 0.696. The molecule has 0 spiro atoms. The summed E-state index contributed by atoms with van der Waals surface area (Å²) in [6, 6.07) is 6.97. The number of nitrogens with one attached hydrogen (secondary N) is 1. The number of aromatic amines is 1. The molecule has 2 aromatic rings. The van der Waals surface area contributed by atoms with E-state index in [1.165, 1.54) is 24.1 Å². The Morgan fingerprint density at radius 3 is 3.06 bits per heavy atom. The van der Waals surface area contributed by atoms with Crippen molar-refractivity contribution in [1.82, 2.24) is 9.97 Å². The van der Waals surface area contributed by atoms with Crippen LogP contribution in [0.3, 0.4) is 0 Å². The Labute approximate surface area is 101 Å². The van der Waals surface area contributed by atoms with Gasteiger partial charge < -0.3 is 4.98 Å². The molecule has 2 heteroatoms. The quantitative estimate of drug-likeness (QED) is 0.792. The van der Waals surface area contributed by atoms with Gasteiger partial charge in [0.15, 0.2) is 0 Å². The molecule has 0 radical (unpaired) electrons. The van der Waals surface area contributed by atoms with Gasteiger partial charge in [-0.2, -0.15) is 0 Å². The van der Waals surface area contributed by atoms with Gasteiger partial charge in [0.05, 0.1) is 6.33 Å². The Balaban J connectivity index is 1.74. The highest BCUT2D eigenvalue weighted by Gasteiger charge is 2.54. The van der Waals surface area contributed by atoms with Gasteiger partial charge in [0.1, 0.15) is 0 Å². The zero-order valence-corrected chi connectivity index (χ0v) is 9.98. The summed E-state index contributed by atoms with van der Waals surface area (Å²) in [5.74, 6) is 2.30. The van der Waals surface area contributed by atoms with E-state index in [0.29, 0.717) is 5.92 Å². The van der Waals surface area contributed by atoms with Gasteiger partial charge in [0.2, 0.25) is 0 Å². The Hall–Kier alpha value is -1.57. The maximum absolute atomic E-state index is 4.16. The predicted molar refractivity (Wildman–Crippen MR) is 67.1 cm³/mol. The SMILES string of the molecule is Cc1ccc2c(c1)CCC1C(c3cnc[nH]3)C21. The molecule has 0 bridgehead atoms. The van der Waals surface area contributed by atoms with Gasteiger partial charge in [-0.25, -0.2) is 4.98 Å². The Morgan fingerprint density at radius 1 is 1.29 bits per heavy atom. The lowest BCUT2D eigenvalue weighted by Gasteiger charge is -2.14. The third-order valence-corrected chi connectivity index (χ3v) is 4.45. The van der Waals surface area contributed by atoms with Crippen LogP contribution in [0.2, 0.25) is 0 Å². The first-order valence-electron chi connectivity index (χ1n) is 6.42. The first kappa shape index (κ1) is 9.46. The van der Waals surface area contributed by atoms with Gasteiger partial charge in [0.25, 0.3) is 0 Å². The van der Waals surface area contributed by atoms with E-state index in [1.54, 1.807) is 17.5 Å². The maximum Gasteiger partial charge on any atom is 0.0921 e. The van der Waals surface area contributed by atoms with Crippen molar-refractivity contribution in [1.29, 1.82) is 0 Å². The summed E-state index contributed by atoms with van der Waals surface area (Å²) in [4.78, 5) is 7.44. The highest BCUT2D eigenvalue weighted by atomic mass is 14.9. The summed E-state index contributed by atoms with van der Waals surface area (Å²) in [5, 5.41) is 0. The summed E-state index contributed by atoms with van der Waals surface area (Å²) in [5.41, 5.74) is 5.88. The monoisotopic (exact) mass is 224 g/mol. The van der Waals surface area contributed by atoms with Crippen LogP contribution in [-0.2, 0) is 6.42 Å². The Bertz CT molecular complexity index is 556. The average molecular weight is 224 g/mol. The summed E-state index contributed by atoms with van der Waals surface area (Å²) in [6.45, 7) is 2.19. The molecule has 2 aliphatic rings. The molecule has 1 aromatic heterocycles. The molecule has 1 aromatic carbocycles. The smallest absolute Gasteiger partial charge is 0.0921 e. The fourth-order valence-corrected chi connectivity index (χ4v) is 3.63. The number of hydrogen-bond acceptors (Lipinski definition) is 1. The van der Waals surface area contributed by atoms with Crippen molar-refractivity contribution >= 4 is 0 Å². The molecule has 17 heavy (non-hydrogen) atoms. The predicted octanol–water partition coefficient (Wildman–Crippen LogP) is 3.16. The van der Waals surface area contributed by atoms with E-state index < -0.39 is 0 Å². The van der Waals surface area contributed by atoms with E-state index in [-0.39, 0.29) is 0 Å². The Morgan fingerprint density at radius 2 is 2.24 bits per heavy atom. The third kappa shape index (κ3) is 1.30. The number of hydrogen-bond donors (Lipinski definition) is 1.